The highest BCUT2D eigenvalue weighted by Gasteiger charge is 2.17. The molecule has 166 valence electrons. The monoisotopic (exact) mass is 431 g/mol. The Kier molecular flexibility index (Phi) is 6.49. The number of unbranched alkanes of at least 4 members (excludes halogenated alkanes) is 2. The average Bonchev–Trinajstić information content (AvgIpc) is 3.16. The summed E-state index contributed by atoms with van der Waals surface area (Å²) in [5, 5.41) is 2.97. The highest BCUT2D eigenvalue weighted by molar-refractivity contribution is 6.04. The zero-order valence-corrected chi connectivity index (χ0v) is 18.3. The molecular weight excluding hydrogens is 402 g/mol. The van der Waals surface area contributed by atoms with Crippen molar-refractivity contribution in [1.29, 1.82) is 0 Å². The molecule has 0 saturated carbocycles. The van der Waals surface area contributed by atoms with Crippen LogP contribution in [-0.2, 0) is 13.0 Å². The highest BCUT2D eigenvalue weighted by atomic mass is 16.1. The molecule has 0 aliphatic carbocycles. The Hall–Kier alpha value is -3.68. The number of aromatic nitrogens is 4. The van der Waals surface area contributed by atoms with Crippen molar-refractivity contribution in [1.82, 2.24) is 24.8 Å². The molecule has 0 aliphatic heterocycles. The smallest absolute Gasteiger partial charge is 0.251 e. The van der Waals surface area contributed by atoms with Gasteiger partial charge in [0.1, 0.15) is 22.4 Å². The molecule has 0 bridgehead atoms. The van der Waals surface area contributed by atoms with Crippen molar-refractivity contribution >= 4 is 39.5 Å². The Bertz CT molecular complexity index is 1250. The lowest BCUT2D eigenvalue weighted by atomic mass is 10.2. The lowest BCUT2D eigenvalue weighted by Crippen LogP contribution is -2.24. The molecule has 32 heavy (non-hydrogen) atoms. The minimum atomic E-state index is -0.108. The molecule has 0 unspecified atom stereocenters. The predicted octanol–water partition coefficient (Wildman–Crippen LogP) is 3.70. The summed E-state index contributed by atoms with van der Waals surface area (Å²) in [6, 6.07) is 10.8. The molecule has 0 aliphatic rings. The third-order valence-electron chi connectivity index (χ3n) is 5.54. The van der Waals surface area contributed by atoms with Crippen molar-refractivity contribution in [3.05, 3.63) is 54.0 Å². The second kappa shape index (κ2) is 9.64. The van der Waals surface area contributed by atoms with Crippen LogP contribution in [0, 0.1) is 0 Å². The minimum absolute atomic E-state index is 0.108. The Labute approximate surface area is 187 Å². The van der Waals surface area contributed by atoms with E-state index in [-0.39, 0.29) is 5.91 Å². The molecule has 0 saturated heterocycles. The number of carbonyl (C=O) groups excluding carboxylic acids is 1. The van der Waals surface area contributed by atoms with Gasteiger partial charge in [-0.05, 0) is 49.6 Å². The molecule has 4 rings (SSSR count). The maximum Gasteiger partial charge on any atom is 0.251 e. The SMILES string of the molecule is CCCCc1nc2c(N)nc3cccnc3c2n1CCCCNC(=O)c1cccc(N)c1. The van der Waals surface area contributed by atoms with E-state index in [1.54, 1.807) is 30.5 Å². The fourth-order valence-electron chi connectivity index (χ4n) is 3.92. The van der Waals surface area contributed by atoms with Gasteiger partial charge in [0.05, 0.1) is 5.52 Å². The van der Waals surface area contributed by atoms with Crippen LogP contribution in [0.15, 0.2) is 42.6 Å². The Morgan fingerprint density at radius 2 is 1.94 bits per heavy atom. The molecule has 0 atom stereocenters. The standard InChI is InChI=1S/C24H29N7O/c1-2-3-11-19-30-21-22(20-18(29-23(21)26)10-7-13-27-20)31(19)14-5-4-12-28-24(32)16-8-6-9-17(25)15-16/h6-10,13,15H,2-5,11-12,14,25H2,1H3,(H2,26,29)(H,28,32). The number of hydrogen-bond donors (Lipinski definition) is 3. The first kappa shape index (κ1) is 21.5. The van der Waals surface area contributed by atoms with Gasteiger partial charge in [-0.15, -0.1) is 0 Å². The fraction of sp³-hybridized carbons (Fsp3) is 0.333. The molecule has 8 nitrogen and oxygen atoms in total. The summed E-state index contributed by atoms with van der Waals surface area (Å²) in [4.78, 5) is 26.2. The van der Waals surface area contributed by atoms with E-state index in [0.29, 0.717) is 23.6 Å². The van der Waals surface area contributed by atoms with Crippen LogP contribution in [0.4, 0.5) is 11.5 Å². The zero-order chi connectivity index (χ0) is 22.5. The largest absolute Gasteiger partial charge is 0.399 e. The first-order chi connectivity index (χ1) is 15.6. The van der Waals surface area contributed by atoms with Crippen LogP contribution in [0.2, 0.25) is 0 Å². The number of imidazole rings is 1. The molecule has 3 heterocycles. The number of rotatable bonds is 9. The van der Waals surface area contributed by atoms with Crippen molar-refractivity contribution in [3.8, 4) is 0 Å². The van der Waals surface area contributed by atoms with Crippen molar-refractivity contribution in [2.24, 2.45) is 0 Å². The Balaban J connectivity index is 1.49. The van der Waals surface area contributed by atoms with Crippen molar-refractivity contribution in [3.63, 3.8) is 0 Å². The van der Waals surface area contributed by atoms with Crippen LogP contribution in [0.3, 0.4) is 0 Å². The summed E-state index contributed by atoms with van der Waals surface area (Å²) in [5.74, 6) is 1.34. The third-order valence-corrected chi connectivity index (χ3v) is 5.54. The average molecular weight is 432 g/mol. The minimum Gasteiger partial charge on any atom is -0.399 e. The second-order valence-electron chi connectivity index (χ2n) is 7.94. The molecule has 0 spiro atoms. The van der Waals surface area contributed by atoms with E-state index in [1.807, 2.05) is 12.1 Å². The topological polar surface area (TPSA) is 125 Å². The van der Waals surface area contributed by atoms with E-state index in [4.69, 9.17) is 16.5 Å². The van der Waals surface area contributed by atoms with Crippen LogP contribution in [0.1, 0.15) is 48.8 Å². The van der Waals surface area contributed by atoms with Crippen molar-refractivity contribution < 1.29 is 4.79 Å². The van der Waals surface area contributed by atoms with Gasteiger partial charge in [0.25, 0.3) is 5.91 Å². The summed E-state index contributed by atoms with van der Waals surface area (Å²) in [6.07, 6.45) is 6.52. The van der Waals surface area contributed by atoms with Crippen molar-refractivity contribution in [2.45, 2.75) is 45.6 Å². The number of nitrogen functional groups attached to an aromatic ring is 2. The van der Waals surface area contributed by atoms with E-state index < -0.39 is 0 Å². The maximum absolute atomic E-state index is 12.3. The number of fused-ring (bicyclic) bond motifs is 3. The Morgan fingerprint density at radius 3 is 2.75 bits per heavy atom. The van der Waals surface area contributed by atoms with E-state index in [1.165, 1.54) is 0 Å². The molecule has 1 amide bonds. The molecule has 5 N–H and O–H groups in total. The molecule has 4 aromatic rings. The van der Waals surface area contributed by atoms with E-state index in [0.717, 1.165) is 66.5 Å². The lowest BCUT2D eigenvalue weighted by molar-refractivity contribution is 0.0953. The third kappa shape index (κ3) is 4.49. The highest BCUT2D eigenvalue weighted by Crippen LogP contribution is 2.28. The second-order valence-corrected chi connectivity index (χ2v) is 7.94. The molecule has 0 radical (unpaired) electrons. The van der Waals surface area contributed by atoms with Gasteiger partial charge < -0.3 is 21.4 Å². The van der Waals surface area contributed by atoms with Crippen LogP contribution in [0.5, 0.6) is 0 Å². The molecule has 3 aromatic heterocycles. The number of nitrogens with zero attached hydrogens (tertiary/aromatic N) is 4. The molecule has 8 heteroatoms. The summed E-state index contributed by atoms with van der Waals surface area (Å²) in [5.41, 5.74) is 16.4. The van der Waals surface area contributed by atoms with Gasteiger partial charge in [-0.25, -0.2) is 9.97 Å². The number of pyridine rings is 2. The molecular formula is C24H29N7O. The number of amides is 1. The first-order valence-electron chi connectivity index (χ1n) is 11.1. The van der Waals surface area contributed by atoms with Crippen LogP contribution in [-0.4, -0.2) is 32.0 Å². The maximum atomic E-state index is 12.3. The number of nitrogens with one attached hydrogen (secondary N) is 1. The number of hydrogen-bond acceptors (Lipinski definition) is 6. The molecule has 0 fully saturated rings. The number of anilines is 2. The number of carbonyl (C=O) groups is 1. The van der Waals surface area contributed by atoms with Gasteiger partial charge in [0, 0.05) is 37.0 Å². The van der Waals surface area contributed by atoms with Crippen molar-refractivity contribution in [2.75, 3.05) is 18.0 Å². The fourth-order valence-corrected chi connectivity index (χ4v) is 3.92. The van der Waals surface area contributed by atoms with Gasteiger partial charge in [-0.1, -0.05) is 19.4 Å². The summed E-state index contributed by atoms with van der Waals surface area (Å²) in [6.45, 7) is 3.54. The molecule has 1 aromatic carbocycles. The van der Waals surface area contributed by atoms with Gasteiger partial charge in [0.15, 0.2) is 5.82 Å². The zero-order valence-electron chi connectivity index (χ0n) is 18.3. The van der Waals surface area contributed by atoms with Crippen LogP contribution < -0.4 is 16.8 Å². The van der Waals surface area contributed by atoms with Gasteiger partial charge in [-0.3, -0.25) is 9.78 Å². The van der Waals surface area contributed by atoms with E-state index in [2.05, 4.69) is 26.8 Å². The van der Waals surface area contributed by atoms with Crippen LogP contribution >= 0.6 is 0 Å². The summed E-state index contributed by atoms with van der Waals surface area (Å²) in [7, 11) is 0. The summed E-state index contributed by atoms with van der Waals surface area (Å²) < 4.78 is 2.23. The van der Waals surface area contributed by atoms with E-state index in [9.17, 15) is 4.79 Å². The van der Waals surface area contributed by atoms with Gasteiger partial charge >= 0.3 is 0 Å². The van der Waals surface area contributed by atoms with Gasteiger partial charge in [-0.2, -0.15) is 0 Å². The number of aryl methyl sites for hydroxylation is 2. The first-order valence-corrected chi connectivity index (χ1v) is 11.1. The summed E-state index contributed by atoms with van der Waals surface area (Å²) >= 11 is 0. The quantitative estimate of drug-likeness (QED) is 0.274. The number of benzene rings is 1. The normalized spacial score (nSPS) is 11.3. The number of nitrogens with two attached hydrogens (primary N) is 2. The van der Waals surface area contributed by atoms with Gasteiger partial charge in [0.2, 0.25) is 0 Å². The lowest BCUT2D eigenvalue weighted by Gasteiger charge is -2.11. The van der Waals surface area contributed by atoms with E-state index >= 15 is 0 Å². The predicted molar refractivity (Wildman–Crippen MR) is 128 cm³/mol. The van der Waals surface area contributed by atoms with Crippen LogP contribution in [0.25, 0.3) is 22.1 Å². The Morgan fingerprint density at radius 1 is 1.06 bits per heavy atom.